The van der Waals surface area contributed by atoms with Crippen molar-refractivity contribution in [3.05, 3.63) is 29.7 Å². The Morgan fingerprint density at radius 3 is 2.54 bits per heavy atom. The molecule has 15 nitrogen and oxygen atoms in total. The standard InChI is InChI=1S/C19H23N9O6S3/c1-28-19(25-26-27-28)37(33,34)16-14(10-21-36(2,31)32)23-18(35-16)24-17(30)22-13-7-8-20-9-12(13)15(29)11-5-3-4-6-11/h7-9,11,21H,3-6,10H2,1-2H3,(H2,20,22,23,24,30). The van der Waals surface area contributed by atoms with E-state index in [4.69, 9.17) is 0 Å². The van der Waals surface area contributed by atoms with Crippen LogP contribution >= 0.6 is 11.3 Å². The normalized spacial score (nSPS) is 14.5. The molecule has 1 fully saturated rings. The third-order valence-electron chi connectivity index (χ3n) is 5.51. The second-order valence-electron chi connectivity index (χ2n) is 8.28. The summed E-state index contributed by atoms with van der Waals surface area (Å²) in [5.74, 6) is -0.227. The van der Waals surface area contributed by atoms with E-state index in [-0.39, 0.29) is 38.0 Å². The summed E-state index contributed by atoms with van der Waals surface area (Å²) in [5, 5.41) is 14.8. The molecule has 0 saturated heterocycles. The Morgan fingerprint density at radius 1 is 1.16 bits per heavy atom. The van der Waals surface area contributed by atoms with E-state index in [0.717, 1.165) is 36.6 Å². The van der Waals surface area contributed by atoms with Crippen LogP contribution in [0.3, 0.4) is 0 Å². The minimum Gasteiger partial charge on any atom is -0.307 e. The van der Waals surface area contributed by atoms with Crippen LogP contribution < -0.4 is 15.4 Å². The number of aryl methyl sites for hydroxylation is 1. The lowest BCUT2D eigenvalue weighted by molar-refractivity contribution is 0.0923. The van der Waals surface area contributed by atoms with Crippen molar-refractivity contribution >= 4 is 53.8 Å². The summed E-state index contributed by atoms with van der Waals surface area (Å²) in [6.07, 6.45) is 7.23. The Kier molecular flexibility index (Phi) is 7.62. The fourth-order valence-corrected chi connectivity index (χ4v) is 6.93. The molecule has 3 aromatic heterocycles. The van der Waals surface area contributed by atoms with Gasteiger partial charge in [-0.3, -0.25) is 15.1 Å². The molecule has 0 aliphatic heterocycles. The number of hydrogen-bond acceptors (Lipinski definition) is 12. The summed E-state index contributed by atoms with van der Waals surface area (Å²) < 4.78 is 52.3. The van der Waals surface area contributed by atoms with Gasteiger partial charge in [0.1, 0.15) is 0 Å². The fraction of sp³-hybridized carbons (Fsp3) is 0.421. The molecule has 0 atom stereocenters. The number of amides is 2. The van der Waals surface area contributed by atoms with Gasteiger partial charge in [0.2, 0.25) is 10.0 Å². The van der Waals surface area contributed by atoms with Gasteiger partial charge in [-0.25, -0.2) is 36.0 Å². The van der Waals surface area contributed by atoms with Gasteiger partial charge >= 0.3 is 6.03 Å². The summed E-state index contributed by atoms with van der Waals surface area (Å²) in [5.41, 5.74) is 0.368. The zero-order chi connectivity index (χ0) is 26.8. The van der Waals surface area contributed by atoms with Crippen molar-refractivity contribution in [2.75, 3.05) is 16.9 Å². The number of carbonyl (C=O) groups is 2. The Labute approximate surface area is 216 Å². The maximum Gasteiger partial charge on any atom is 0.325 e. The molecule has 0 spiro atoms. The third-order valence-corrected chi connectivity index (χ3v) is 9.45. The number of aromatic nitrogens is 6. The highest BCUT2D eigenvalue weighted by Gasteiger charge is 2.32. The van der Waals surface area contributed by atoms with Crippen molar-refractivity contribution in [1.29, 1.82) is 0 Å². The maximum absolute atomic E-state index is 13.2. The van der Waals surface area contributed by atoms with Crippen molar-refractivity contribution in [3.63, 3.8) is 0 Å². The number of rotatable bonds is 9. The molecule has 0 aromatic carbocycles. The number of Topliss-reactive ketones (excluding diaryl/α,β-unsaturated/α-hetero) is 1. The molecule has 1 saturated carbocycles. The summed E-state index contributed by atoms with van der Waals surface area (Å²) in [6, 6.07) is 0.703. The molecule has 1 aliphatic rings. The predicted molar refractivity (Wildman–Crippen MR) is 131 cm³/mol. The first-order valence-electron chi connectivity index (χ1n) is 10.9. The van der Waals surface area contributed by atoms with Crippen LogP contribution in [0.25, 0.3) is 0 Å². The first-order chi connectivity index (χ1) is 17.5. The molecule has 0 unspecified atom stereocenters. The molecule has 2 amide bonds. The smallest absolute Gasteiger partial charge is 0.307 e. The largest absolute Gasteiger partial charge is 0.325 e. The van der Waals surface area contributed by atoms with Crippen LogP contribution in [0.2, 0.25) is 0 Å². The maximum atomic E-state index is 13.2. The molecule has 37 heavy (non-hydrogen) atoms. The van der Waals surface area contributed by atoms with Crippen molar-refractivity contribution in [2.45, 2.75) is 41.6 Å². The average Bonchev–Trinajstić information content (AvgIpc) is 3.58. The lowest BCUT2D eigenvalue weighted by atomic mass is 9.96. The number of tetrazole rings is 1. The second kappa shape index (κ2) is 10.6. The van der Waals surface area contributed by atoms with Gasteiger partial charge in [0.25, 0.3) is 15.0 Å². The van der Waals surface area contributed by atoms with Crippen molar-refractivity contribution in [3.8, 4) is 0 Å². The summed E-state index contributed by atoms with van der Waals surface area (Å²) in [7, 11) is -6.66. The fourth-order valence-electron chi connectivity index (χ4n) is 3.80. The molecule has 3 heterocycles. The van der Waals surface area contributed by atoms with Crippen molar-refractivity contribution in [2.24, 2.45) is 13.0 Å². The number of anilines is 2. The zero-order valence-electron chi connectivity index (χ0n) is 19.7. The van der Waals surface area contributed by atoms with E-state index in [0.29, 0.717) is 11.3 Å². The number of sulfonamides is 1. The molecular weight excluding hydrogens is 546 g/mol. The van der Waals surface area contributed by atoms with E-state index >= 15 is 0 Å². The molecule has 3 aromatic rings. The highest BCUT2D eigenvalue weighted by Crippen LogP contribution is 2.32. The van der Waals surface area contributed by atoms with Gasteiger partial charge < -0.3 is 5.32 Å². The Balaban J connectivity index is 1.59. The highest BCUT2D eigenvalue weighted by atomic mass is 32.2. The van der Waals surface area contributed by atoms with Gasteiger partial charge in [-0.05, 0) is 29.3 Å². The van der Waals surface area contributed by atoms with Gasteiger partial charge in [0.05, 0.1) is 29.7 Å². The minimum absolute atomic E-state index is 0.102. The molecule has 3 N–H and O–H groups in total. The van der Waals surface area contributed by atoms with Crippen LogP contribution in [-0.2, 0) is 33.5 Å². The van der Waals surface area contributed by atoms with Crippen molar-refractivity contribution < 1.29 is 26.4 Å². The summed E-state index contributed by atoms with van der Waals surface area (Å²) >= 11 is 0.600. The summed E-state index contributed by atoms with van der Waals surface area (Å²) in [6.45, 7) is -0.455. The van der Waals surface area contributed by atoms with Gasteiger partial charge in [-0.15, -0.1) is 0 Å². The number of sulfone groups is 1. The van der Waals surface area contributed by atoms with Crippen LogP contribution in [0.15, 0.2) is 27.8 Å². The van der Waals surface area contributed by atoms with E-state index in [2.05, 4.69) is 40.8 Å². The molecule has 198 valence electrons. The number of urea groups is 1. The number of nitrogens with one attached hydrogen (secondary N) is 3. The number of nitrogens with zero attached hydrogens (tertiary/aromatic N) is 6. The average molecular weight is 570 g/mol. The molecule has 0 radical (unpaired) electrons. The van der Waals surface area contributed by atoms with Crippen LogP contribution in [0.5, 0.6) is 0 Å². The van der Waals surface area contributed by atoms with Crippen LogP contribution in [0.1, 0.15) is 41.7 Å². The molecule has 4 rings (SSSR count). The van der Waals surface area contributed by atoms with E-state index < -0.39 is 37.6 Å². The van der Waals surface area contributed by atoms with Gasteiger partial charge in [0, 0.05) is 25.4 Å². The first-order valence-corrected chi connectivity index (χ1v) is 15.1. The minimum atomic E-state index is -4.30. The Morgan fingerprint density at radius 2 is 1.89 bits per heavy atom. The Bertz CT molecular complexity index is 1540. The number of carbonyl (C=O) groups excluding carboxylic acids is 2. The highest BCUT2D eigenvalue weighted by molar-refractivity contribution is 7.93. The molecule has 18 heteroatoms. The van der Waals surface area contributed by atoms with E-state index in [1.54, 1.807) is 0 Å². The quantitative estimate of drug-likeness (QED) is 0.309. The van der Waals surface area contributed by atoms with Crippen LogP contribution in [0.4, 0.5) is 15.6 Å². The monoisotopic (exact) mass is 569 g/mol. The van der Waals surface area contributed by atoms with E-state index in [9.17, 15) is 26.4 Å². The molecule has 1 aliphatic carbocycles. The number of thiazole rings is 1. The lowest BCUT2D eigenvalue weighted by Crippen LogP contribution is -2.23. The lowest BCUT2D eigenvalue weighted by Gasteiger charge is -2.13. The Hall–Kier alpha value is -3.35. The SMILES string of the molecule is Cn1nnnc1S(=O)(=O)c1sc(NC(=O)Nc2ccncc2C(=O)C2CCCC2)nc1CNS(C)(=O)=O. The molecular formula is C19H23N9O6S3. The number of hydrogen-bond donors (Lipinski definition) is 3. The third kappa shape index (κ3) is 6.14. The topological polar surface area (TPSA) is 208 Å². The first kappa shape index (κ1) is 26.7. The molecule has 0 bridgehead atoms. The van der Waals surface area contributed by atoms with Crippen LogP contribution in [0, 0.1) is 5.92 Å². The van der Waals surface area contributed by atoms with Crippen LogP contribution in [-0.4, -0.2) is 65.1 Å². The van der Waals surface area contributed by atoms with E-state index in [1.807, 2.05) is 0 Å². The zero-order valence-corrected chi connectivity index (χ0v) is 22.2. The predicted octanol–water partition coefficient (Wildman–Crippen LogP) is 0.960. The second-order valence-corrected chi connectivity index (χ2v) is 13.2. The van der Waals surface area contributed by atoms with Gasteiger partial charge in [-0.1, -0.05) is 29.3 Å². The van der Waals surface area contributed by atoms with E-state index in [1.165, 1.54) is 25.5 Å². The number of pyridine rings is 1. The van der Waals surface area contributed by atoms with Gasteiger partial charge in [-0.2, -0.15) is 0 Å². The number of ketones is 1. The van der Waals surface area contributed by atoms with Crippen molar-refractivity contribution in [1.82, 2.24) is 34.9 Å². The van der Waals surface area contributed by atoms with Gasteiger partial charge in [0.15, 0.2) is 15.1 Å². The summed E-state index contributed by atoms with van der Waals surface area (Å²) in [4.78, 5) is 33.8.